The molecule has 0 aromatic heterocycles. The Morgan fingerprint density at radius 1 is 0.404 bits per heavy atom. The second-order valence-electron chi connectivity index (χ2n) is 14.9. The average Bonchev–Trinajstić information content (AvgIpc) is 4.16. The Labute approximate surface area is 329 Å². The largest absolute Gasteiger partial charge is 0.457 e. The van der Waals surface area contributed by atoms with Gasteiger partial charge in [-0.2, -0.15) is 17.6 Å². The van der Waals surface area contributed by atoms with Gasteiger partial charge >= 0.3 is 13.2 Å². The zero-order valence-electron chi connectivity index (χ0n) is 31.1. The minimum atomic E-state index is -2.90. The van der Waals surface area contributed by atoms with Crippen LogP contribution in [0.25, 0.3) is 0 Å². The third-order valence-electron chi connectivity index (χ3n) is 11.0. The van der Waals surface area contributed by atoms with Crippen molar-refractivity contribution in [3.8, 4) is 34.5 Å². The van der Waals surface area contributed by atoms with Crippen LogP contribution in [-0.2, 0) is 15.6 Å². The molecule has 0 bridgehead atoms. The van der Waals surface area contributed by atoms with E-state index in [1.807, 2.05) is 121 Å². The molecular weight excluding hydrogens is 733 g/mol. The maximum atomic E-state index is 13.0. The van der Waals surface area contributed by atoms with Gasteiger partial charge in [0.1, 0.15) is 34.5 Å². The van der Waals surface area contributed by atoms with Crippen molar-refractivity contribution in [2.45, 2.75) is 74.8 Å². The third-order valence-corrected chi connectivity index (χ3v) is 11.0. The molecule has 6 aromatic carbocycles. The fourth-order valence-corrected chi connectivity index (χ4v) is 7.71. The summed E-state index contributed by atoms with van der Waals surface area (Å²) in [6.07, 6.45) is 4.05. The van der Waals surface area contributed by atoms with Crippen molar-refractivity contribution in [1.29, 1.82) is 0 Å². The number of rotatable bonds is 18. The molecular formula is C48H42F4O5. The summed E-state index contributed by atoms with van der Waals surface area (Å²) in [5.74, 6) is 3.00. The Morgan fingerprint density at radius 3 is 1.12 bits per heavy atom. The Hall–Kier alpha value is -5.80. The molecule has 2 unspecified atom stereocenters. The van der Waals surface area contributed by atoms with Crippen molar-refractivity contribution in [2.75, 3.05) is 0 Å². The molecule has 2 aliphatic carbocycles. The van der Waals surface area contributed by atoms with Crippen LogP contribution in [0.2, 0.25) is 0 Å². The fraction of sp³-hybridized carbons (Fsp3) is 0.250. The lowest BCUT2D eigenvalue weighted by Crippen LogP contribution is -2.21. The van der Waals surface area contributed by atoms with E-state index in [4.69, 9.17) is 14.2 Å². The molecule has 8 rings (SSSR count). The first-order valence-corrected chi connectivity index (χ1v) is 19.2. The molecule has 0 radical (unpaired) electrons. The molecule has 0 heterocycles. The van der Waals surface area contributed by atoms with E-state index in [1.54, 1.807) is 24.3 Å². The molecule has 2 atom stereocenters. The molecule has 57 heavy (non-hydrogen) atoms. The highest BCUT2D eigenvalue weighted by Crippen LogP contribution is 2.58. The zero-order valence-corrected chi connectivity index (χ0v) is 31.1. The molecule has 292 valence electrons. The molecule has 0 amide bonds. The first-order chi connectivity index (χ1) is 27.7. The predicted octanol–water partition coefficient (Wildman–Crippen LogP) is 13.5. The quantitative estimate of drug-likeness (QED) is 0.0814. The first kappa shape index (κ1) is 38.1. The van der Waals surface area contributed by atoms with Gasteiger partial charge in [-0.3, -0.25) is 0 Å². The zero-order chi connectivity index (χ0) is 39.2. The van der Waals surface area contributed by atoms with Crippen LogP contribution in [-0.4, -0.2) is 13.2 Å². The number of alkyl halides is 4. The van der Waals surface area contributed by atoms with Gasteiger partial charge in [0, 0.05) is 0 Å². The molecule has 0 N–H and O–H groups in total. The molecule has 0 saturated heterocycles. The lowest BCUT2D eigenvalue weighted by Gasteiger charge is -2.32. The highest BCUT2D eigenvalue weighted by atomic mass is 19.3. The van der Waals surface area contributed by atoms with Gasteiger partial charge in [0.05, 0.1) is 12.2 Å². The standard InChI is InChI=1S/C48H42F4O5/c49-45(50)55-39-21-17-35(18-22-39)47(25-26-47)31-43(33-9-7-15-41(29-33)53-37-11-3-1-4-12-37)57-44(34-10-8-16-42(30-34)54-38-13-5-2-6-14-38)32-48(27-28-48)36-19-23-40(24-20-36)56-46(51)52/h1-24,29-30,43-46H,25-28,31-32H2. The Kier molecular flexibility index (Phi) is 11.2. The SMILES string of the molecule is FC(F)Oc1ccc(C2(CC(OC(CC3(c4ccc(OC(F)F)cc4)CC3)c3cccc(Oc4ccccc4)c3)c3cccc(Oc4ccccc4)c3)CC2)cc1. The highest BCUT2D eigenvalue weighted by molar-refractivity contribution is 5.41. The monoisotopic (exact) mass is 774 g/mol. The second kappa shape index (κ2) is 16.7. The molecule has 2 saturated carbocycles. The van der Waals surface area contributed by atoms with Crippen LogP contribution in [0, 0.1) is 0 Å². The fourth-order valence-electron chi connectivity index (χ4n) is 7.71. The van der Waals surface area contributed by atoms with Crippen LogP contribution in [0.5, 0.6) is 34.5 Å². The second-order valence-corrected chi connectivity index (χ2v) is 14.9. The number of halogens is 4. The van der Waals surface area contributed by atoms with Gasteiger partial charge in [-0.05, 0) is 144 Å². The van der Waals surface area contributed by atoms with Gasteiger partial charge < -0.3 is 23.7 Å². The van der Waals surface area contributed by atoms with Gasteiger partial charge in [0.25, 0.3) is 0 Å². The lowest BCUT2D eigenvalue weighted by atomic mass is 9.85. The summed E-state index contributed by atoms with van der Waals surface area (Å²) in [6.45, 7) is -5.80. The van der Waals surface area contributed by atoms with E-state index in [1.165, 1.54) is 0 Å². The molecule has 0 spiro atoms. The van der Waals surface area contributed by atoms with Crippen LogP contribution < -0.4 is 18.9 Å². The molecule has 2 fully saturated rings. The van der Waals surface area contributed by atoms with Gasteiger partial charge in [-0.25, -0.2) is 0 Å². The van der Waals surface area contributed by atoms with Crippen molar-refractivity contribution >= 4 is 0 Å². The summed E-state index contributed by atoms with van der Waals surface area (Å²) in [4.78, 5) is 0. The molecule has 9 heteroatoms. The topological polar surface area (TPSA) is 46.2 Å². The summed E-state index contributed by atoms with van der Waals surface area (Å²) < 4.78 is 81.3. The van der Waals surface area contributed by atoms with E-state index in [0.29, 0.717) is 35.8 Å². The summed E-state index contributed by atoms with van der Waals surface area (Å²) in [5, 5.41) is 0. The van der Waals surface area contributed by atoms with E-state index in [9.17, 15) is 17.6 Å². The van der Waals surface area contributed by atoms with Crippen molar-refractivity contribution in [3.05, 3.63) is 180 Å². The van der Waals surface area contributed by atoms with E-state index in [-0.39, 0.29) is 22.3 Å². The van der Waals surface area contributed by atoms with Gasteiger partial charge in [0.15, 0.2) is 0 Å². The summed E-state index contributed by atoms with van der Waals surface area (Å²) in [6, 6.07) is 49.0. The summed E-state index contributed by atoms with van der Waals surface area (Å²) in [7, 11) is 0. The molecule has 0 aliphatic heterocycles. The van der Waals surface area contributed by atoms with E-state index in [2.05, 4.69) is 21.6 Å². The maximum absolute atomic E-state index is 13.0. The van der Waals surface area contributed by atoms with E-state index < -0.39 is 25.4 Å². The van der Waals surface area contributed by atoms with Crippen molar-refractivity contribution in [2.24, 2.45) is 0 Å². The van der Waals surface area contributed by atoms with Crippen LogP contribution in [0.3, 0.4) is 0 Å². The normalized spacial score (nSPS) is 16.1. The number of hydrogen-bond acceptors (Lipinski definition) is 5. The predicted molar refractivity (Wildman–Crippen MR) is 210 cm³/mol. The van der Waals surface area contributed by atoms with Crippen molar-refractivity contribution in [1.82, 2.24) is 0 Å². The van der Waals surface area contributed by atoms with Crippen LogP contribution in [0.1, 0.15) is 73.0 Å². The third kappa shape index (κ3) is 9.60. The van der Waals surface area contributed by atoms with Gasteiger partial charge in [0.2, 0.25) is 0 Å². The van der Waals surface area contributed by atoms with Crippen LogP contribution in [0.15, 0.2) is 158 Å². The minimum absolute atomic E-state index is 0.115. The van der Waals surface area contributed by atoms with Crippen molar-refractivity contribution < 1.29 is 41.2 Å². The summed E-state index contributed by atoms with van der Waals surface area (Å²) in [5.41, 5.74) is 3.46. The maximum Gasteiger partial charge on any atom is 0.387 e. The molecule has 6 aromatic rings. The minimum Gasteiger partial charge on any atom is -0.457 e. The number of ether oxygens (including phenoxy) is 5. The highest BCUT2D eigenvalue weighted by Gasteiger charge is 2.49. The van der Waals surface area contributed by atoms with Crippen LogP contribution >= 0.6 is 0 Å². The number of hydrogen-bond donors (Lipinski definition) is 0. The van der Waals surface area contributed by atoms with Crippen LogP contribution in [0.4, 0.5) is 17.6 Å². The van der Waals surface area contributed by atoms with Gasteiger partial charge in [-0.1, -0.05) is 84.9 Å². The van der Waals surface area contributed by atoms with E-state index >= 15 is 0 Å². The molecule has 2 aliphatic rings. The average molecular weight is 775 g/mol. The lowest BCUT2D eigenvalue weighted by molar-refractivity contribution is -0.0505. The number of benzene rings is 6. The Morgan fingerprint density at radius 2 is 0.772 bits per heavy atom. The Balaban J connectivity index is 1.15. The van der Waals surface area contributed by atoms with E-state index in [0.717, 1.165) is 47.9 Å². The smallest absolute Gasteiger partial charge is 0.387 e. The summed E-state index contributed by atoms with van der Waals surface area (Å²) >= 11 is 0. The molecule has 5 nitrogen and oxygen atoms in total. The van der Waals surface area contributed by atoms with Gasteiger partial charge in [-0.15, -0.1) is 0 Å². The first-order valence-electron chi connectivity index (χ1n) is 19.2. The Bertz CT molecular complexity index is 2050. The van der Waals surface area contributed by atoms with Crippen molar-refractivity contribution in [3.63, 3.8) is 0 Å². The number of para-hydroxylation sites is 2.